The molecular formula is C22H31ClN4O2. The van der Waals surface area contributed by atoms with E-state index in [0.29, 0.717) is 22.1 Å². The van der Waals surface area contributed by atoms with Gasteiger partial charge in [0, 0.05) is 30.7 Å². The SMILES string of the molecule is CCC(C)c1cc(Cl)cc(C(=O)NCc2c(N3CCCCC3)n(C)[nH]c2=O)c1C. The second-order valence-corrected chi connectivity index (χ2v) is 8.45. The number of H-pyrrole nitrogens is 1. The first kappa shape index (κ1) is 21.5. The lowest BCUT2D eigenvalue weighted by atomic mass is 9.91. The van der Waals surface area contributed by atoms with Crippen molar-refractivity contribution in [3.05, 3.63) is 49.8 Å². The van der Waals surface area contributed by atoms with Gasteiger partial charge in [-0.15, -0.1) is 0 Å². The summed E-state index contributed by atoms with van der Waals surface area (Å²) in [5, 5.41) is 6.34. The quantitative estimate of drug-likeness (QED) is 0.741. The maximum atomic E-state index is 13.0. The molecule has 158 valence electrons. The molecule has 2 N–H and O–H groups in total. The molecule has 1 fully saturated rings. The Balaban J connectivity index is 1.83. The molecule has 1 aliphatic heterocycles. The number of rotatable bonds is 6. The molecule has 1 aromatic heterocycles. The molecule has 1 aromatic carbocycles. The first-order chi connectivity index (χ1) is 13.8. The van der Waals surface area contributed by atoms with E-state index in [0.717, 1.165) is 49.3 Å². The fourth-order valence-electron chi connectivity index (χ4n) is 4.18. The molecule has 0 spiro atoms. The number of hydrogen-bond acceptors (Lipinski definition) is 3. The molecule has 1 aliphatic rings. The lowest BCUT2D eigenvalue weighted by Crippen LogP contribution is -2.33. The van der Waals surface area contributed by atoms with Crippen molar-refractivity contribution in [3.63, 3.8) is 0 Å². The van der Waals surface area contributed by atoms with Crippen molar-refractivity contribution in [3.8, 4) is 0 Å². The van der Waals surface area contributed by atoms with E-state index >= 15 is 0 Å². The van der Waals surface area contributed by atoms with Gasteiger partial charge >= 0.3 is 0 Å². The highest BCUT2D eigenvalue weighted by atomic mass is 35.5. The van der Waals surface area contributed by atoms with Gasteiger partial charge in [0.15, 0.2) is 0 Å². The zero-order valence-electron chi connectivity index (χ0n) is 17.8. The van der Waals surface area contributed by atoms with Crippen LogP contribution in [0.2, 0.25) is 5.02 Å². The monoisotopic (exact) mass is 418 g/mol. The van der Waals surface area contributed by atoms with Crippen LogP contribution in [0.15, 0.2) is 16.9 Å². The van der Waals surface area contributed by atoms with Crippen LogP contribution in [0, 0.1) is 6.92 Å². The van der Waals surface area contributed by atoms with Crippen LogP contribution in [0.4, 0.5) is 5.82 Å². The fraction of sp³-hybridized carbons (Fsp3) is 0.545. The minimum absolute atomic E-state index is 0.156. The van der Waals surface area contributed by atoms with Crippen LogP contribution in [0.3, 0.4) is 0 Å². The number of aryl methyl sites for hydroxylation is 1. The molecule has 6 nitrogen and oxygen atoms in total. The average Bonchev–Trinajstić information content (AvgIpc) is 3.00. The zero-order valence-corrected chi connectivity index (χ0v) is 18.5. The van der Waals surface area contributed by atoms with E-state index < -0.39 is 0 Å². The molecule has 1 atom stereocenters. The Hall–Kier alpha value is -2.21. The van der Waals surface area contributed by atoms with Gasteiger partial charge in [0.2, 0.25) is 0 Å². The summed E-state index contributed by atoms with van der Waals surface area (Å²) >= 11 is 6.29. The van der Waals surface area contributed by atoms with Gasteiger partial charge < -0.3 is 10.2 Å². The molecule has 3 rings (SSSR count). The van der Waals surface area contributed by atoms with Crippen molar-refractivity contribution < 1.29 is 4.79 Å². The van der Waals surface area contributed by atoms with Gasteiger partial charge in [0.1, 0.15) is 5.82 Å². The molecule has 0 bridgehead atoms. The van der Waals surface area contributed by atoms with E-state index in [-0.39, 0.29) is 18.0 Å². The maximum Gasteiger partial charge on any atom is 0.271 e. The number of aromatic nitrogens is 2. The third-order valence-corrected chi connectivity index (χ3v) is 6.23. The van der Waals surface area contributed by atoms with Gasteiger partial charge in [0.25, 0.3) is 11.5 Å². The van der Waals surface area contributed by atoms with E-state index in [9.17, 15) is 9.59 Å². The van der Waals surface area contributed by atoms with Gasteiger partial charge in [-0.25, -0.2) is 0 Å². The van der Waals surface area contributed by atoms with E-state index in [4.69, 9.17) is 11.6 Å². The minimum atomic E-state index is -0.206. The summed E-state index contributed by atoms with van der Waals surface area (Å²) in [6, 6.07) is 3.65. The highest BCUT2D eigenvalue weighted by molar-refractivity contribution is 6.31. The number of carbonyl (C=O) groups is 1. The summed E-state index contributed by atoms with van der Waals surface area (Å²) < 4.78 is 1.76. The van der Waals surface area contributed by atoms with E-state index in [1.165, 1.54) is 6.42 Å². The molecule has 29 heavy (non-hydrogen) atoms. The molecule has 0 radical (unpaired) electrons. The van der Waals surface area contributed by atoms with Gasteiger partial charge in [-0.05, 0) is 61.8 Å². The Kier molecular flexibility index (Phi) is 6.73. The van der Waals surface area contributed by atoms with Gasteiger partial charge in [-0.3, -0.25) is 19.4 Å². The Labute approximate surface area is 177 Å². The molecule has 7 heteroatoms. The lowest BCUT2D eigenvalue weighted by molar-refractivity contribution is 0.0950. The number of anilines is 1. The number of nitrogens with zero attached hydrogens (tertiary/aromatic N) is 2. The standard InChI is InChI=1S/C22H31ClN4O2/c1-5-14(2)17-11-16(23)12-18(15(17)3)20(28)24-13-19-21(29)25-26(4)22(19)27-9-7-6-8-10-27/h11-12,14H,5-10,13H2,1-4H3,(H,24,28)(H,25,29). The summed E-state index contributed by atoms with van der Waals surface area (Å²) in [7, 11) is 1.84. The third kappa shape index (κ3) is 4.53. The first-order valence-corrected chi connectivity index (χ1v) is 10.8. The smallest absolute Gasteiger partial charge is 0.271 e. The summed E-state index contributed by atoms with van der Waals surface area (Å²) in [5.74, 6) is 0.989. The molecule has 1 saturated heterocycles. The molecular weight excluding hydrogens is 388 g/mol. The van der Waals surface area contributed by atoms with Crippen molar-refractivity contribution in [2.45, 2.75) is 58.9 Å². The minimum Gasteiger partial charge on any atom is -0.356 e. The van der Waals surface area contributed by atoms with Crippen LogP contribution < -0.4 is 15.8 Å². The van der Waals surface area contributed by atoms with Crippen LogP contribution in [-0.2, 0) is 13.6 Å². The van der Waals surface area contributed by atoms with Crippen molar-refractivity contribution in [2.75, 3.05) is 18.0 Å². The molecule has 1 unspecified atom stereocenters. The molecule has 1 amide bonds. The third-order valence-electron chi connectivity index (χ3n) is 6.01. The summed E-state index contributed by atoms with van der Waals surface area (Å²) in [6.45, 7) is 8.26. The normalized spacial score (nSPS) is 15.4. The summed E-state index contributed by atoms with van der Waals surface area (Å²) in [4.78, 5) is 27.7. The Bertz CT molecular complexity index is 941. The molecule has 0 saturated carbocycles. The van der Waals surface area contributed by atoms with Gasteiger partial charge in [-0.1, -0.05) is 25.4 Å². The fourth-order valence-corrected chi connectivity index (χ4v) is 4.40. The van der Waals surface area contributed by atoms with Crippen molar-refractivity contribution in [1.82, 2.24) is 15.1 Å². The van der Waals surface area contributed by atoms with Crippen LogP contribution in [0.5, 0.6) is 0 Å². The van der Waals surface area contributed by atoms with Gasteiger partial charge in [-0.2, -0.15) is 0 Å². The lowest BCUT2D eigenvalue weighted by Gasteiger charge is -2.29. The number of carbonyl (C=O) groups excluding carboxylic acids is 1. The van der Waals surface area contributed by atoms with E-state index in [1.54, 1.807) is 10.7 Å². The number of amides is 1. The predicted octanol–water partition coefficient (Wildman–Crippen LogP) is 4.11. The van der Waals surface area contributed by atoms with Crippen molar-refractivity contribution in [1.29, 1.82) is 0 Å². The number of halogens is 1. The number of benzene rings is 1. The molecule has 0 aliphatic carbocycles. The number of piperidine rings is 1. The zero-order chi connectivity index (χ0) is 21.1. The van der Waals surface area contributed by atoms with Crippen molar-refractivity contribution >= 4 is 23.3 Å². The number of aromatic amines is 1. The molecule has 2 aromatic rings. The number of nitrogens with one attached hydrogen (secondary N) is 2. The van der Waals surface area contributed by atoms with Crippen LogP contribution in [-0.4, -0.2) is 28.8 Å². The van der Waals surface area contributed by atoms with Crippen molar-refractivity contribution in [2.24, 2.45) is 7.05 Å². The Morgan fingerprint density at radius 1 is 1.28 bits per heavy atom. The largest absolute Gasteiger partial charge is 0.356 e. The van der Waals surface area contributed by atoms with Crippen LogP contribution in [0.25, 0.3) is 0 Å². The summed E-state index contributed by atoms with van der Waals surface area (Å²) in [5.41, 5.74) is 3.05. The first-order valence-electron chi connectivity index (χ1n) is 10.4. The number of hydrogen-bond donors (Lipinski definition) is 2. The highest BCUT2D eigenvalue weighted by Gasteiger charge is 2.22. The second kappa shape index (κ2) is 9.08. The van der Waals surface area contributed by atoms with E-state index in [1.807, 2.05) is 20.0 Å². The topological polar surface area (TPSA) is 70.1 Å². The Morgan fingerprint density at radius 2 is 1.97 bits per heavy atom. The second-order valence-electron chi connectivity index (χ2n) is 8.01. The van der Waals surface area contributed by atoms with E-state index in [2.05, 4.69) is 29.2 Å². The maximum absolute atomic E-state index is 13.0. The highest BCUT2D eigenvalue weighted by Crippen LogP contribution is 2.29. The van der Waals surface area contributed by atoms with Gasteiger partial charge in [0.05, 0.1) is 12.1 Å². The van der Waals surface area contributed by atoms with Crippen LogP contribution in [0.1, 0.15) is 72.5 Å². The molecule has 2 heterocycles. The van der Waals surface area contributed by atoms with Crippen LogP contribution >= 0.6 is 11.6 Å². The summed E-state index contributed by atoms with van der Waals surface area (Å²) in [6.07, 6.45) is 4.42. The predicted molar refractivity (Wildman–Crippen MR) is 118 cm³/mol. The average molecular weight is 419 g/mol. The Morgan fingerprint density at radius 3 is 2.62 bits per heavy atom.